The van der Waals surface area contributed by atoms with E-state index >= 15 is 0 Å². The zero-order valence-electron chi connectivity index (χ0n) is 9.27. The molecule has 0 radical (unpaired) electrons. The summed E-state index contributed by atoms with van der Waals surface area (Å²) in [4.78, 5) is 15.2. The van der Waals surface area contributed by atoms with Gasteiger partial charge in [-0.25, -0.2) is 9.78 Å². The molecule has 0 atom stereocenters. The molecule has 1 aromatic heterocycles. The molecule has 2 N–H and O–H groups in total. The first-order valence-electron chi connectivity index (χ1n) is 5.27. The van der Waals surface area contributed by atoms with Crippen molar-refractivity contribution in [3.63, 3.8) is 0 Å². The first-order valence-corrected chi connectivity index (χ1v) is 5.27. The number of amides is 1. The Morgan fingerprint density at radius 3 is 3.06 bits per heavy atom. The van der Waals surface area contributed by atoms with Gasteiger partial charge in [-0.3, -0.25) is 5.32 Å². The first kappa shape index (κ1) is 12.4. The van der Waals surface area contributed by atoms with Crippen LogP contribution in [0.2, 0.25) is 0 Å². The van der Waals surface area contributed by atoms with Gasteiger partial charge in [0.15, 0.2) is 0 Å². The molecule has 0 unspecified atom stereocenters. The van der Waals surface area contributed by atoms with Crippen LogP contribution in [0.1, 0.15) is 25.5 Å². The van der Waals surface area contributed by atoms with Crippen molar-refractivity contribution in [3.05, 3.63) is 23.9 Å². The van der Waals surface area contributed by atoms with Crippen LogP contribution in [0.3, 0.4) is 0 Å². The Bertz CT molecular complexity index is 342. The van der Waals surface area contributed by atoms with Crippen LogP contribution in [0.25, 0.3) is 0 Å². The number of anilines is 1. The van der Waals surface area contributed by atoms with Crippen LogP contribution in [0.5, 0.6) is 0 Å². The Balaban J connectivity index is 2.43. The highest BCUT2D eigenvalue weighted by Crippen LogP contribution is 2.05. The normalized spacial score (nSPS) is 9.88. The fourth-order valence-corrected chi connectivity index (χ4v) is 1.09. The molecule has 16 heavy (non-hydrogen) atoms. The number of rotatable bonds is 5. The van der Waals surface area contributed by atoms with Gasteiger partial charge in [0.1, 0.15) is 5.82 Å². The predicted octanol–water partition coefficient (Wildman–Crippen LogP) is 1.92. The Morgan fingerprint density at radius 1 is 1.56 bits per heavy atom. The number of carbonyl (C=O) groups excluding carboxylic acids is 1. The van der Waals surface area contributed by atoms with E-state index in [0.717, 1.165) is 12.8 Å². The predicted molar refractivity (Wildman–Crippen MR) is 60.0 cm³/mol. The number of aromatic nitrogens is 1. The molecule has 0 aliphatic carbocycles. The summed E-state index contributed by atoms with van der Waals surface area (Å²) in [6.45, 7) is 2.27. The van der Waals surface area contributed by atoms with Crippen LogP contribution >= 0.6 is 0 Å². The van der Waals surface area contributed by atoms with Gasteiger partial charge >= 0.3 is 6.09 Å². The first-order chi connectivity index (χ1) is 7.76. The molecule has 1 amide bonds. The van der Waals surface area contributed by atoms with Crippen LogP contribution < -0.4 is 5.32 Å². The minimum Gasteiger partial charge on any atom is -0.449 e. The lowest BCUT2D eigenvalue weighted by Gasteiger charge is -2.06. The highest BCUT2D eigenvalue weighted by atomic mass is 16.5. The average molecular weight is 224 g/mol. The summed E-state index contributed by atoms with van der Waals surface area (Å²) < 4.78 is 4.91. The van der Waals surface area contributed by atoms with E-state index < -0.39 is 6.09 Å². The molecule has 0 bridgehead atoms. The lowest BCUT2D eigenvalue weighted by Crippen LogP contribution is -2.15. The molecule has 1 heterocycles. The number of carbonyl (C=O) groups is 1. The van der Waals surface area contributed by atoms with Crippen LogP contribution in [-0.4, -0.2) is 22.8 Å². The van der Waals surface area contributed by atoms with Gasteiger partial charge in [-0.05, 0) is 18.6 Å². The summed E-state index contributed by atoms with van der Waals surface area (Å²) in [6, 6.07) is 5.02. The maximum Gasteiger partial charge on any atom is 0.412 e. The van der Waals surface area contributed by atoms with E-state index in [2.05, 4.69) is 10.3 Å². The number of aliphatic hydroxyl groups is 1. The molecule has 0 aliphatic rings. The van der Waals surface area contributed by atoms with Gasteiger partial charge in [-0.15, -0.1) is 0 Å². The lowest BCUT2D eigenvalue weighted by molar-refractivity contribution is 0.159. The highest BCUT2D eigenvalue weighted by molar-refractivity contribution is 5.83. The summed E-state index contributed by atoms with van der Waals surface area (Å²) in [7, 11) is 0. The molecule has 0 spiro atoms. The molecule has 1 aromatic rings. The Kier molecular flexibility index (Phi) is 5.28. The highest BCUT2D eigenvalue weighted by Gasteiger charge is 2.03. The molecule has 0 aromatic carbocycles. The van der Waals surface area contributed by atoms with Crippen molar-refractivity contribution in [2.75, 3.05) is 11.9 Å². The fourth-order valence-electron chi connectivity index (χ4n) is 1.09. The third kappa shape index (κ3) is 4.27. The second kappa shape index (κ2) is 6.79. The van der Waals surface area contributed by atoms with Crippen molar-refractivity contribution in [2.24, 2.45) is 0 Å². The van der Waals surface area contributed by atoms with E-state index in [0.29, 0.717) is 18.1 Å². The largest absolute Gasteiger partial charge is 0.449 e. The summed E-state index contributed by atoms with van der Waals surface area (Å²) in [5, 5.41) is 11.4. The molecule has 0 aliphatic heterocycles. The average Bonchev–Trinajstić information content (AvgIpc) is 2.29. The summed E-state index contributed by atoms with van der Waals surface area (Å²) >= 11 is 0. The number of unbranched alkanes of at least 4 members (excludes halogenated alkanes) is 1. The quantitative estimate of drug-likeness (QED) is 0.749. The zero-order chi connectivity index (χ0) is 11.8. The van der Waals surface area contributed by atoms with E-state index in [1.807, 2.05) is 6.92 Å². The number of nitrogens with zero attached hydrogens (tertiary/aromatic N) is 1. The Morgan fingerprint density at radius 2 is 2.38 bits per heavy atom. The van der Waals surface area contributed by atoms with E-state index in [9.17, 15) is 4.79 Å². The number of ether oxygens (including phenoxy) is 1. The van der Waals surface area contributed by atoms with Gasteiger partial charge in [0, 0.05) is 0 Å². The summed E-state index contributed by atoms with van der Waals surface area (Å²) in [5.41, 5.74) is 0.506. The molecule has 88 valence electrons. The Labute approximate surface area is 94.5 Å². The minimum absolute atomic E-state index is 0.152. The molecule has 5 nitrogen and oxygen atoms in total. The smallest absolute Gasteiger partial charge is 0.412 e. The summed E-state index contributed by atoms with van der Waals surface area (Å²) in [5.74, 6) is 0.382. The van der Waals surface area contributed by atoms with E-state index in [-0.39, 0.29) is 6.61 Å². The van der Waals surface area contributed by atoms with Gasteiger partial charge in [0.2, 0.25) is 0 Å². The van der Waals surface area contributed by atoms with Gasteiger partial charge in [-0.2, -0.15) is 0 Å². The van der Waals surface area contributed by atoms with E-state index in [1.54, 1.807) is 18.2 Å². The zero-order valence-corrected chi connectivity index (χ0v) is 9.27. The van der Waals surface area contributed by atoms with Gasteiger partial charge in [0.05, 0.1) is 18.9 Å². The maximum atomic E-state index is 11.3. The molecule has 0 fully saturated rings. The number of hydrogen-bond acceptors (Lipinski definition) is 4. The lowest BCUT2D eigenvalue weighted by atomic mass is 10.3. The van der Waals surface area contributed by atoms with Crippen molar-refractivity contribution in [3.8, 4) is 0 Å². The molecule has 1 rings (SSSR count). The standard InChI is InChI=1S/C11H16N2O3/c1-2-3-7-16-11(15)13-10-6-4-5-9(8-14)12-10/h4-6,14H,2-3,7-8H2,1H3,(H,12,13,15). The van der Waals surface area contributed by atoms with Gasteiger partial charge in [0.25, 0.3) is 0 Å². The topological polar surface area (TPSA) is 71.5 Å². The van der Waals surface area contributed by atoms with Crippen molar-refractivity contribution in [1.29, 1.82) is 0 Å². The van der Waals surface area contributed by atoms with Crippen LogP contribution in [-0.2, 0) is 11.3 Å². The van der Waals surface area contributed by atoms with Crippen LogP contribution in [0.15, 0.2) is 18.2 Å². The molecule has 0 saturated heterocycles. The van der Waals surface area contributed by atoms with Crippen molar-refractivity contribution in [1.82, 2.24) is 4.98 Å². The van der Waals surface area contributed by atoms with Crippen molar-refractivity contribution in [2.45, 2.75) is 26.4 Å². The van der Waals surface area contributed by atoms with Gasteiger partial charge in [-0.1, -0.05) is 19.4 Å². The monoisotopic (exact) mass is 224 g/mol. The fraction of sp³-hybridized carbons (Fsp3) is 0.455. The second-order valence-corrected chi connectivity index (χ2v) is 3.29. The van der Waals surface area contributed by atoms with E-state index in [4.69, 9.17) is 9.84 Å². The second-order valence-electron chi connectivity index (χ2n) is 3.29. The minimum atomic E-state index is -0.518. The number of aliphatic hydroxyl groups excluding tert-OH is 1. The number of nitrogens with one attached hydrogen (secondary N) is 1. The van der Waals surface area contributed by atoms with Gasteiger partial charge < -0.3 is 9.84 Å². The molecule has 0 saturated carbocycles. The van der Waals surface area contributed by atoms with Crippen molar-refractivity contribution >= 4 is 11.9 Å². The Hall–Kier alpha value is -1.62. The number of pyridine rings is 1. The third-order valence-electron chi connectivity index (χ3n) is 1.93. The van der Waals surface area contributed by atoms with E-state index in [1.165, 1.54) is 0 Å². The number of hydrogen-bond donors (Lipinski definition) is 2. The maximum absolute atomic E-state index is 11.3. The summed E-state index contributed by atoms with van der Waals surface area (Å²) in [6.07, 6.45) is 1.30. The van der Waals surface area contributed by atoms with Crippen LogP contribution in [0, 0.1) is 0 Å². The van der Waals surface area contributed by atoms with Crippen LogP contribution in [0.4, 0.5) is 10.6 Å². The SMILES string of the molecule is CCCCOC(=O)Nc1cccc(CO)n1. The molecule has 5 heteroatoms. The molecular formula is C11H16N2O3. The van der Waals surface area contributed by atoms with Crippen molar-refractivity contribution < 1.29 is 14.6 Å². The third-order valence-corrected chi connectivity index (χ3v) is 1.93. The molecular weight excluding hydrogens is 208 g/mol.